The lowest BCUT2D eigenvalue weighted by Gasteiger charge is -2.36. The summed E-state index contributed by atoms with van der Waals surface area (Å²) in [6.07, 6.45) is 24.7. The van der Waals surface area contributed by atoms with Crippen LogP contribution in [0.15, 0.2) is 12.2 Å². The number of rotatable bonds is 3. The molecule has 0 heterocycles. The predicted molar refractivity (Wildman–Crippen MR) is 95.4 cm³/mol. The van der Waals surface area contributed by atoms with Gasteiger partial charge in [0.1, 0.15) is 7.85 Å². The van der Waals surface area contributed by atoms with Gasteiger partial charge in [-0.2, -0.15) is 0 Å². The first-order chi connectivity index (χ1) is 10.3. The molecule has 0 spiro atoms. The first kappa shape index (κ1) is 15.7. The average Bonchev–Trinajstić information content (AvgIpc) is 2.55. The van der Waals surface area contributed by atoms with Gasteiger partial charge in [-0.25, -0.2) is 0 Å². The fourth-order valence-electron chi connectivity index (χ4n) is 5.21. The second-order valence-electron chi connectivity index (χ2n) is 8.48. The summed E-state index contributed by atoms with van der Waals surface area (Å²) >= 11 is 0. The van der Waals surface area contributed by atoms with Crippen molar-refractivity contribution in [3.63, 3.8) is 0 Å². The Morgan fingerprint density at radius 1 is 0.524 bits per heavy atom. The van der Waals surface area contributed by atoms with Gasteiger partial charge in [0.05, 0.1) is 0 Å². The maximum absolute atomic E-state index is 2.62. The van der Waals surface area contributed by atoms with Gasteiger partial charge in [0.15, 0.2) is 0 Å². The summed E-state index contributed by atoms with van der Waals surface area (Å²) < 4.78 is 0. The third-order valence-corrected chi connectivity index (χ3v) is 6.85. The maximum atomic E-state index is 2.62. The number of hydrogen-bond donors (Lipinski definition) is 0. The lowest BCUT2D eigenvalue weighted by Crippen LogP contribution is -2.24. The van der Waals surface area contributed by atoms with Gasteiger partial charge in [0.25, 0.3) is 0 Å². The molecular weight excluding hydrogens is 251 g/mol. The smallest absolute Gasteiger partial charge is 0.0851 e. The molecule has 0 aromatic heterocycles. The van der Waals surface area contributed by atoms with Crippen molar-refractivity contribution in [2.45, 2.75) is 89.3 Å². The molecule has 0 N–H and O–H groups in total. The SMILES string of the molecule is BC1CCC(C2CCC(C=CC3CCCCC3)CC2)CC1. The highest BCUT2D eigenvalue weighted by molar-refractivity contribution is 6.11. The molecule has 3 aliphatic carbocycles. The molecule has 0 nitrogen and oxygen atoms in total. The van der Waals surface area contributed by atoms with Gasteiger partial charge in [-0.15, -0.1) is 0 Å². The van der Waals surface area contributed by atoms with Gasteiger partial charge < -0.3 is 0 Å². The highest BCUT2D eigenvalue weighted by Crippen LogP contribution is 2.42. The Labute approximate surface area is 133 Å². The molecule has 0 aliphatic heterocycles. The third kappa shape index (κ3) is 4.63. The summed E-state index contributed by atoms with van der Waals surface area (Å²) in [5.41, 5.74) is 0. The van der Waals surface area contributed by atoms with Crippen LogP contribution in [0, 0.1) is 23.7 Å². The van der Waals surface area contributed by atoms with E-state index in [1.807, 2.05) is 0 Å². The van der Waals surface area contributed by atoms with Crippen LogP contribution in [0.2, 0.25) is 5.82 Å². The zero-order chi connectivity index (χ0) is 14.5. The molecule has 0 atom stereocenters. The Balaban J connectivity index is 1.39. The van der Waals surface area contributed by atoms with Crippen LogP contribution in [0.3, 0.4) is 0 Å². The summed E-state index contributed by atoms with van der Waals surface area (Å²) in [5.74, 6) is 5.03. The zero-order valence-electron chi connectivity index (χ0n) is 14.2. The number of hydrogen-bond acceptors (Lipinski definition) is 0. The molecule has 0 aromatic rings. The van der Waals surface area contributed by atoms with Crippen molar-refractivity contribution in [1.29, 1.82) is 0 Å². The zero-order valence-corrected chi connectivity index (χ0v) is 14.2. The van der Waals surface area contributed by atoms with Gasteiger partial charge in [-0.1, -0.05) is 62.9 Å². The molecule has 0 radical (unpaired) electrons. The molecule has 0 bridgehead atoms. The van der Waals surface area contributed by atoms with Crippen LogP contribution in [0.5, 0.6) is 0 Å². The first-order valence-electron chi connectivity index (χ1n) is 9.99. The Hall–Kier alpha value is -0.195. The minimum Gasteiger partial charge on any atom is -0.0851 e. The van der Waals surface area contributed by atoms with Crippen LogP contribution >= 0.6 is 0 Å². The number of allylic oxidation sites excluding steroid dienone is 2. The lowest BCUT2D eigenvalue weighted by atomic mass is 9.65. The standard InChI is InChI=1S/C20H35B/c21-20-14-12-19(13-15-20)18-10-8-17(9-11-18)7-6-16-4-2-1-3-5-16/h6-7,16-20H,1-5,8-15,21H2. The second kappa shape index (κ2) is 7.88. The molecule has 0 saturated heterocycles. The Bertz CT molecular complexity index is 313. The van der Waals surface area contributed by atoms with E-state index in [9.17, 15) is 0 Å². The molecule has 0 unspecified atom stereocenters. The van der Waals surface area contributed by atoms with Crippen LogP contribution in [-0.2, 0) is 0 Å². The summed E-state index contributed by atoms with van der Waals surface area (Å²) in [7, 11) is 2.45. The first-order valence-corrected chi connectivity index (χ1v) is 9.99. The van der Waals surface area contributed by atoms with Crippen molar-refractivity contribution >= 4 is 7.85 Å². The van der Waals surface area contributed by atoms with E-state index in [0.717, 1.165) is 29.5 Å². The Morgan fingerprint density at radius 3 is 1.57 bits per heavy atom. The van der Waals surface area contributed by atoms with E-state index in [1.54, 1.807) is 0 Å². The van der Waals surface area contributed by atoms with E-state index in [4.69, 9.17) is 0 Å². The fraction of sp³-hybridized carbons (Fsp3) is 0.900. The molecule has 21 heavy (non-hydrogen) atoms. The largest absolute Gasteiger partial charge is 0.105 e. The lowest BCUT2D eigenvalue weighted by molar-refractivity contribution is 0.180. The molecule has 3 saturated carbocycles. The van der Waals surface area contributed by atoms with Gasteiger partial charge in [-0.3, -0.25) is 0 Å². The maximum Gasteiger partial charge on any atom is 0.105 e. The molecule has 1 heteroatoms. The van der Waals surface area contributed by atoms with Crippen LogP contribution in [0.4, 0.5) is 0 Å². The Kier molecular flexibility index (Phi) is 5.89. The van der Waals surface area contributed by atoms with Crippen molar-refractivity contribution in [2.24, 2.45) is 23.7 Å². The fourth-order valence-corrected chi connectivity index (χ4v) is 5.21. The van der Waals surface area contributed by atoms with Crippen molar-refractivity contribution < 1.29 is 0 Å². The van der Waals surface area contributed by atoms with E-state index in [1.165, 1.54) is 83.5 Å². The van der Waals surface area contributed by atoms with Crippen LogP contribution in [-0.4, -0.2) is 7.85 Å². The molecule has 118 valence electrons. The molecule has 3 aliphatic rings. The summed E-state index contributed by atoms with van der Waals surface area (Å²) in [6.45, 7) is 0. The van der Waals surface area contributed by atoms with Crippen LogP contribution in [0.1, 0.15) is 83.5 Å². The van der Waals surface area contributed by atoms with Gasteiger partial charge in [0, 0.05) is 0 Å². The summed E-state index contributed by atoms with van der Waals surface area (Å²) in [6, 6.07) is 0. The van der Waals surface area contributed by atoms with E-state index in [0.29, 0.717) is 0 Å². The Morgan fingerprint density at radius 2 is 1.00 bits per heavy atom. The third-order valence-electron chi connectivity index (χ3n) is 6.85. The van der Waals surface area contributed by atoms with Crippen molar-refractivity contribution in [3.05, 3.63) is 12.2 Å². The minimum absolute atomic E-state index is 0.922. The van der Waals surface area contributed by atoms with Crippen LogP contribution < -0.4 is 0 Å². The molecule has 0 amide bonds. The van der Waals surface area contributed by atoms with Gasteiger partial charge >= 0.3 is 0 Å². The van der Waals surface area contributed by atoms with E-state index in [2.05, 4.69) is 20.0 Å². The monoisotopic (exact) mass is 286 g/mol. The topological polar surface area (TPSA) is 0 Å². The van der Waals surface area contributed by atoms with Gasteiger partial charge in [-0.05, 0) is 62.2 Å². The molecular formula is C20H35B. The van der Waals surface area contributed by atoms with E-state index in [-0.39, 0.29) is 0 Å². The molecule has 3 fully saturated rings. The van der Waals surface area contributed by atoms with E-state index < -0.39 is 0 Å². The van der Waals surface area contributed by atoms with Gasteiger partial charge in [0.2, 0.25) is 0 Å². The summed E-state index contributed by atoms with van der Waals surface area (Å²) in [4.78, 5) is 0. The predicted octanol–water partition coefficient (Wildman–Crippen LogP) is 5.54. The molecule has 3 rings (SSSR count). The van der Waals surface area contributed by atoms with Crippen molar-refractivity contribution in [3.8, 4) is 0 Å². The normalized spacial score (nSPS) is 39.6. The van der Waals surface area contributed by atoms with Crippen molar-refractivity contribution in [1.82, 2.24) is 0 Å². The summed E-state index contributed by atoms with van der Waals surface area (Å²) in [5, 5.41) is 0. The quantitative estimate of drug-likeness (QED) is 0.472. The average molecular weight is 286 g/mol. The van der Waals surface area contributed by atoms with Crippen LogP contribution in [0.25, 0.3) is 0 Å². The highest BCUT2D eigenvalue weighted by atomic mass is 14.3. The molecule has 0 aromatic carbocycles. The second-order valence-corrected chi connectivity index (χ2v) is 8.48. The van der Waals surface area contributed by atoms with E-state index >= 15 is 0 Å². The minimum atomic E-state index is 0.922. The van der Waals surface area contributed by atoms with Crippen molar-refractivity contribution in [2.75, 3.05) is 0 Å². The highest BCUT2D eigenvalue weighted by Gasteiger charge is 2.29.